The molecule has 0 spiro atoms. The van der Waals surface area contributed by atoms with Crippen LogP contribution in [0, 0.1) is 5.92 Å². The Morgan fingerprint density at radius 2 is 2.17 bits per heavy atom. The molecule has 4 nitrogen and oxygen atoms in total. The van der Waals surface area contributed by atoms with Crippen LogP contribution in [0.5, 0.6) is 0 Å². The monoisotopic (exact) mass is 174 g/mol. The second-order valence-corrected chi connectivity index (χ2v) is 3.62. The van der Waals surface area contributed by atoms with E-state index in [1.54, 1.807) is 0 Å². The SMILES string of the molecule is CC1CCC(O)(C(=O)O)CC1O. The van der Waals surface area contributed by atoms with E-state index in [4.69, 9.17) is 5.11 Å². The summed E-state index contributed by atoms with van der Waals surface area (Å²) >= 11 is 0. The van der Waals surface area contributed by atoms with Crippen LogP contribution in [-0.2, 0) is 4.79 Å². The molecule has 0 aliphatic heterocycles. The smallest absolute Gasteiger partial charge is 0.335 e. The highest BCUT2D eigenvalue weighted by Gasteiger charge is 2.42. The lowest BCUT2D eigenvalue weighted by atomic mass is 9.78. The van der Waals surface area contributed by atoms with E-state index in [9.17, 15) is 15.0 Å². The maximum Gasteiger partial charge on any atom is 0.335 e. The quantitative estimate of drug-likeness (QED) is 0.522. The highest BCUT2D eigenvalue weighted by molar-refractivity contribution is 5.77. The molecule has 4 heteroatoms. The Hall–Kier alpha value is -0.610. The minimum atomic E-state index is -1.70. The van der Waals surface area contributed by atoms with Gasteiger partial charge in [-0.05, 0) is 18.8 Å². The van der Waals surface area contributed by atoms with Crippen LogP contribution in [-0.4, -0.2) is 33.0 Å². The molecule has 12 heavy (non-hydrogen) atoms. The number of carbonyl (C=O) groups is 1. The summed E-state index contributed by atoms with van der Waals surface area (Å²) in [5.41, 5.74) is -1.70. The Labute approximate surface area is 70.8 Å². The lowest BCUT2D eigenvalue weighted by Crippen LogP contribution is -2.47. The van der Waals surface area contributed by atoms with Gasteiger partial charge in [0.15, 0.2) is 5.60 Å². The number of carboxylic acid groups (broad SMARTS) is 1. The Kier molecular flexibility index (Phi) is 2.39. The summed E-state index contributed by atoms with van der Waals surface area (Å²) < 4.78 is 0. The molecule has 3 N–H and O–H groups in total. The fourth-order valence-electron chi connectivity index (χ4n) is 1.50. The van der Waals surface area contributed by atoms with Gasteiger partial charge in [0.05, 0.1) is 6.10 Å². The highest BCUT2D eigenvalue weighted by atomic mass is 16.4. The summed E-state index contributed by atoms with van der Waals surface area (Å²) in [4.78, 5) is 10.6. The molecule has 0 saturated heterocycles. The Morgan fingerprint density at radius 1 is 1.58 bits per heavy atom. The van der Waals surface area contributed by atoms with E-state index in [-0.39, 0.29) is 18.8 Å². The molecule has 1 saturated carbocycles. The number of aliphatic carboxylic acids is 1. The number of aliphatic hydroxyl groups is 2. The van der Waals surface area contributed by atoms with Crippen molar-refractivity contribution in [3.05, 3.63) is 0 Å². The predicted molar refractivity (Wildman–Crippen MR) is 41.6 cm³/mol. The summed E-state index contributed by atoms with van der Waals surface area (Å²) in [6, 6.07) is 0. The van der Waals surface area contributed by atoms with Gasteiger partial charge in [-0.25, -0.2) is 4.79 Å². The van der Waals surface area contributed by atoms with E-state index in [0.717, 1.165) is 0 Å². The molecule has 1 aliphatic rings. The molecule has 1 aliphatic carbocycles. The predicted octanol–water partition coefficient (Wildman–Crippen LogP) is -0.0170. The van der Waals surface area contributed by atoms with Crippen molar-refractivity contribution in [2.45, 2.75) is 37.9 Å². The van der Waals surface area contributed by atoms with Crippen molar-refractivity contribution in [3.63, 3.8) is 0 Å². The summed E-state index contributed by atoms with van der Waals surface area (Å²) in [6.07, 6.45) is 0.0495. The van der Waals surface area contributed by atoms with Crippen LogP contribution in [0.1, 0.15) is 26.2 Å². The molecule has 0 radical (unpaired) electrons. The molecule has 3 unspecified atom stereocenters. The second-order valence-electron chi connectivity index (χ2n) is 3.62. The van der Waals surface area contributed by atoms with Crippen LogP contribution >= 0.6 is 0 Å². The third-order valence-electron chi connectivity index (χ3n) is 2.62. The van der Waals surface area contributed by atoms with Crippen LogP contribution in [0.4, 0.5) is 0 Å². The van der Waals surface area contributed by atoms with Crippen LogP contribution < -0.4 is 0 Å². The number of carboxylic acids is 1. The van der Waals surface area contributed by atoms with E-state index in [1.165, 1.54) is 0 Å². The average Bonchev–Trinajstić information content (AvgIpc) is 1.97. The summed E-state index contributed by atoms with van der Waals surface area (Å²) in [7, 11) is 0. The first-order valence-corrected chi connectivity index (χ1v) is 4.09. The molecule has 1 rings (SSSR count). The first kappa shape index (κ1) is 9.48. The Bertz CT molecular complexity index is 191. The van der Waals surface area contributed by atoms with Gasteiger partial charge in [0.25, 0.3) is 0 Å². The number of aliphatic hydroxyl groups excluding tert-OH is 1. The van der Waals surface area contributed by atoms with Crippen molar-refractivity contribution in [1.29, 1.82) is 0 Å². The van der Waals surface area contributed by atoms with Crippen molar-refractivity contribution in [1.82, 2.24) is 0 Å². The van der Waals surface area contributed by atoms with Crippen molar-refractivity contribution in [2.24, 2.45) is 5.92 Å². The fraction of sp³-hybridized carbons (Fsp3) is 0.875. The second kappa shape index (κ2) is 3.03. The van der Waals surface area contributed by atoms with Gasteiger partial charge >= 0.3 is 5.97 Å². The van der Waals surface area contributed by atoms with E-state index in [0.29, 0.717) is 6.42 Å². The summed E-state index contributed by atoms with van der Waals surface area (Å²) in [5.74, 6) is -1.14. The minimum absolute atomic E-state index is 0.0521. The van der Waals surface area contributed by atoms with Crippen molar-refractivity contribution >= 4 is 5.97 Å². The third-order valence-corrected chi connectivity index (χ3v) is 2.62. The van der Waals surface area contributed by atoms with Gasteiger partial charge in [0, 0.05) is 6.42 Å². The van der Waals surface area contributed by atoms with Crippen LogP contribution in [0.3, 0.4) is 0 Å². The van der Waals surface area contributed by atoms with Gasteiger partial charge < -0.3 is 15.3 Å². The zero-order chi connectivity index (χ0) is 9.35. The normalized spacial score (nSPS) is 42.6. The molecule has 3 atom stereocenters. The van der Waals surface area contributed by atoms with Gasteiger partial charge in [-0.3, -0.25) is 0 Å². The molecule has 0 aromatic carbocycles. The maximum atomic E-state index is 10.6. The summed E-state index contributed by atoms with van der Waals surface area (Å²) in [6.45, 7) is 1.85. The van der Waals surface area contributed by atoms with E-state index in [2.05, 4.69) is 0 Å². The van der Waals surface area contributed by atoms with E-state index in [1.807, 2.05) is 6.92 Å². The van der Waals surface area contributed by atoms with Crippen molar-refractivity contribution in [2.75, 3.05) is 0 Å². The number of hydrogen-bond donors (Lipinski definition) is 3. The van der Waals surface area contributed by atoms with E-state index >= 15 is 0 Å². The van der Waals surface area contributed by atoms with Crippen molar-refractivity contribution in [3.8, 4) is 0 Å². The minimum Gasteiger partial charge on any atom is -0.479 e. The van der Waals surface area contributed by atoms with Gasteiger partial charge in [0.2, 0.25) is 0 Å². The highest BCUT2D eigenvalue weighted by Crippen LogP contribution is 2.32. The summed E-state index contributed by atoms with van der Waals surface area (Å²) in [5, 5.41) is 27.5. The fourth-order valence-corrected chi connectivity index (χ4v) is 1.50. The molecular formula is C8H14O4. The Balaban J connectivity index is 2.66. The molecule has 0 aromatic heterocycles. The van der Waals surface area contributed by atoms with E-state index < -0.39 is 17.7 Å². The number of hydrogen-bond acceptors (Lipinski definition) is 3. The maximum absolute atomic E-state index is 10.6. The van der Waals surface area contributed by atoms with Gasteiger partial charge in [-0.15, -0.1) is 0 Å². The average molecular weight is 174 g/mol. The third kappa shape index (κ3) is 1.59. The molecule has 70 valence electrons. The Morgan fingerprint density at radius 3 is 2.58 bits per heavy atom. The van der Waals surface area contributed by atoms with Crippen LogP contribution in [0.15, 0.2) is 0 Å². The molecule has 1 fully saturated rings. The zero-order valence-electron chi connectivity index (χ0n) is 7.03. The molecule has 0 amide bonds. The zero-order valence-corrected chi connectivity index (χ0v) is 7.03. The van der Waals surface area contributed by atoms with Crippen LogP contribution in [0.2, 0.25) is 0 Å². The first-order chi connectivity index (χ1) is 5.46. The molecular weight excluding hydrogens is 160 g/mol. The lowest BCUT2D eigenvalue weighted by molar-refractivity contribution is -0.168. The molecule has 0 aromatic rings. The standard InChI is InChI=1S/C8H14O4/c1-5-2-3-8(12,7(10)11)4-6(5)9/h5-6,9,12H,2-4H2,1H3,(H,10,11). The topological polar surface area (TPSA) is 77.8 Å². The largest absolute Gasteiger partial charge is 0.479 e. The van der Waals surface area contributed by atoms with Gasteiger partial charge in [-0.2, -0.15) is 0 Å². The molecule has 0 bridgehead atoms. The van der Waals surface area contributed by atoms with Gasteiger partial charge in [-0.1, -0.05) is 6.92 Å². The lowest BCUT2D eigenvalue weighted by Gasteiger charge is -2.34. The molecule has 0 heterocycles. The number of rotatable bonds is 1. The van der Waals surface area contributed by atoms with Crippen LogP contribution in [0.25, 0.3) is 0 Å². The van der Waals surface area contributed by atoms with Crippen molar-refractivity contribution < 1.29 is 20.1 Å². The first-order valence-electron chi connectivity index (χ1n) is 4.09. The van der Waals surface area contributed by atoms with Gasteiger partial charge in [0.1, 0.15) is 0 Å².